The van der Waals surface area contributed by atoms with Gasteiger partial charge in [-0.1, -0.05) is 32.0 Å². The van der Waals surface area contributed by atoms with Gasteiger partial charge in [0.25, 0.3) is 5.91 Å². The quantitative estimate of drug-likeness (QED) is 0.801. The summed E-state index contributed by atoms with van der Waals surface area (Å²) in [4.78, 5) is 31.0. The van der Waals surface area contributed by atoms with Crippen molar-refractivity contribution in [3.63, 3.8) is 0 Å². The number of hydrogen-bond acceptors (Lipinski definition) is 5. The first-order valence-corrected chi connectivity index (χ1v) is 7.26. The molecule has 0 bridgehead atoms. The molecule has 2 rings (SSSR count). The van der Waals surface area contributed by atoms with Crippen molar-refractivity contribution in [1.82, 2.24) is 0 Å². The van der Waals surface area contributed by atoms with Crippen LogP contribution in [-0.4, -0.2) is 36.2 Å². The van der Waals surface area contributed by atoms with Crippen molar-refractivity contribution in [1.29, 1.82) is 0 Å². The van der Waals surface area contributed by atoms with E-state index in [1.165, 1.54) is 11.8 Å². The number of fused-ring (bicyclic) bond motifs is 1. The van der Waals surface area contributed by atoms with Gasteiger partial charge in [-0.25, -0.2) is 4.99 Å². The first-order valence-electron chi connectivity index (χ1n) is 7.26. The molecule has 6 nitrogen and oxygen atoms in total. The minimum atomic E-state index is -1.98. The second kappa shape index (κ2) is 5.62. The van der Waals surface area contributed by atoms with Crippen molar-refractivity contribution in [2.75, 3.05) is 11.9 Å². The van der Waals surface area contributed by atoms with Gasteiger partial charge in [-0.2, -0.15) is 0 Å². The van der Waals surface area contributed by atoms with Gasteiger partial charge in [-0.15, -0.1) is 0 Å². The molecule has 1 unspecified atom stereocenters. The van der Waals surface area contributed by atoms with E-state index in [0.717, 1.165) is 5.56 Å². The summed E-state index contributed by atoms with van der Waals surface area (Å²) in [5.41, 5.74) is 11.9. The molecular formula is C16H22N4O2. The molecule has 0 saturated carbocycles. The maximum absolute atomic E-state index is 12.8. The molecule has 0 aromatic heterocycles. The molecule has 1 aromatic rings. The van der Waals surface area contributed by atoms with Gasteiger partial charge in [-0.05, 0) is 18.9 Å². The maximum Gasteiger partial charge on any atom is 0.277 e. The number of nitrogens with zero attached hydrogens (tertiary/aromatic N) is 2. The summed E-state index contributed by atoms with van der Waals surface area (Å²) in [5, 5.41) is 0. The Morgan fingerprint density at radius 1 is 1.27 bits per heavy atom. The number of rotatable bonds is 3. The molecule has 1 amide bonds. The van der Waals surface area contributed by atoms with Crippen LogP contribution in [0.3, 0.4) is 0 Å². The Morgan fingerprint density at radius 2 is 1.86 bits per heavy atom. The van der Waals surface area contributed by atoms with Crippen LogP contribution in [0.15, 0.2) is 29.3 Å². The molecule has 0 fully saturated rings. The van der Waals surface area contributed by atoms with E-state index >= 15 is 0 Å². The van der Waals surface area contributed by atoms with Gasteiger partial charge in [0.1, 0.15) is 0 Å². The smallest absolute Gasteiger partial charge is 0.277 e. The minimum absolute atomic E-state index is 0.00394. The summed E-state index contributed by atoms with van der Waals surface area (Å²) < 4.78 is 0. The molecule has 2 atom stereocenters. The topological polar surface area (TPSA) is 102 Å². The third kappa shape index (κ3) is 2.44. The summed E-state index contributed by atoms with van der Waals surface area (Å²) >= 11 is 0. The second-order valence-electron chi connectivity index (χ2n) is 5.95. The average Bonchev–Trinajstić information content (AvgIpc) is 2.57. The maximum atomic E-state index is 12.8. The number of hydrogen-bond donors (Lipinski definition) is 2. The Hall–Kier alpha value is -2.05. The van der Waals surface area contributed by atoms with Crippen molar-refractivity contribution < 1.29 is 9.59 Å². The molecule has 0 aliphatic carbocycles. The van der Waals surface area contributed by atoms with Crippen LogP contribution in [0.2, 0.25) is 0 Å². The normalized spacial score (nSPS) is 23.0. The number of Topliss-reactive ketones (excluding diaryl/α,β-unsaturated/α-hetero) is 1. The Labute approximate surface area is 130 Å². The van der Waals surface area contributed by atoms with Crippen molar-refractivity contribution >= 4 is 23.1 Å². The number of anilines is 1. The van der Waals surface area contributed by atoms with E-state index in [2.05, 4.69) is 4.99 Å². The number of carbonyl (C=O) groups excluding carboxylic acids is 2. The van der Waals surface area contributed by atoms with Crippen molar-refractivity contribution in [3.05, 3.63) is 29.8 Å². The standard InChI is InChI=1S/C16H22N4O2/c1-9(2)13-11-7-5-6-8-12(11)20(4)15(22)16(18,19-13)14(21)10(3)17/h5-10H,17-18H2,1-4H3/t10-,16?/m0/s1. The third-order valence-corrected chi connectivity index (χ3v) is 3.80. The van der Waals surface area contributed by atoms with Crippen molar-refractivity contribution in [2.24, 2.45) is 22.4 Å². The number of nitrogens with two attached hydrogens (primary N) is 2. The van der Waals surface area contributed by atoms with E-state index in [4.69, 9.17) is 11.5 Å². The first kappa shape index (κ1) is 16.3. The van der Waals surface area contributed by atoms with Crippen LogP contribution in [-0.2, 0) is 9.59 Å². The lowest BCUT2D eigenvalue weighted by atomic mass is 9.97. The van der Waals surface area contributed by atoms with Gasteiger partial charge in [-0.3, -0.25) is 15.3 Å². The SMILES string of the molecule is CC(C)C1=NC(N)(C(=O)[C@H](C)N)C(=O)N(C)c2ccccc21. The van der Waals surface area contributed by atoms with E-state index in [9.17, 15) is 9.59 Å². The monoisotopic (exact) mass is 302 g/mol. The zero-order valence-corrected chi connectivity index (χ0v) is 13.3. The van der Waals surface area contributed by atoms with E-state index in [-0.39, 0.29) is 5.92 Å². The van der Waals surface area contributed by atoms with Crippen LogP contribution in [0, 0.1) is 5.92 Å². The van der Waals surface area contributed by atoms with E-state index in [1.807, 2.05) is 38.1 Å². The number of likely N-dealkylation sites (N-methyl/N-ethyl adjacent to an activating group) is 1. The molecular weight excluding hydrogens is 280 g/mol. The molecule has 1 heterocycles. The van der Waals surface area contributed by atoms with E-state index < -0.39 is 23.4 Å². The van der Waals surface area contributed by atoms with Gasteiger partial charge in [0.2, 0.25) is 11.4 Å². The highest BCUT2D eigenvalue weighted by atomic mass is 16.2. The largest absolute Gasteiger partial charge is 0.322 e. The summed E-state index contributed by atoms with van der Waals surface area (Å²) in [6, 6.07) is 6.51. The zero-order chi connectivity index (χ0) is 16.7. The first-order chi connectivity index (χ1) is 10.2. The Morgan fingerprint density at radius 3 is 2.41 bits per heavy atom. The van der Waals surface area contributed by atoms with Crippen LogP contribution in [0.5, 0.6) is 0 Å². The van der Waals surface area contributed by atoms with Crippen molar-refractivity contribution in [2.45, 2.75) is 32.5 Å². The molecule has 0 radical (unpaired) electrons. The predicted octanol–water partition coefficient (Wildman–Crippen LogP) is 0.679. The fourth-order valence-corrected chi connectivity index (χ4v) is 2.59. The van der Waals surface area contributed by atoms with Gasteiger partial charge in [0, 0.05) is 12.6 Å². The number of aliphatic imine (C=N–C) groups is 1. The molecule has 1 aromatic carbocycles. The lowest BCUT2D eigenvalue weighted by molar-refractivity contribution is -0.134. The molecule has 0 saturated heterocycles. The van der Waals surface area contributed by atoms with Gasteiger partial charge in [0.05, 0.1) is 17.4 Å². The molecule has 1 aliphatic heterocycles. The molecule has 6 heteroatoms. The van der Waals surface area contributed by atoms with Crippen molar-refractivity contribution in [3.8, 4) is 0 Å². The average molecular weight is 302 g/mol. The van der Waals surface area contributed by atoms with Crippen LogP contribution in [0.25, 0.3) is 0 Å². The van der Waals surface area contributed by atoms with Crippen LogP contribution in [0.1, 0.15) is 26.3 Å². The molecule has 22 heavy (non-hydrogen) atoms. The number of ketones is 1. The summed E-state index contributed by atoms with van der Waals surface area (Å²) in [7, 11) is 1.59. The number of amides is 1. The lowest BCUT2D eigenvalue weighted by Crippen LogP contribution is -2.62. The highest BCUT2D eigenvalue weighted by Crippen LogP contribution is 2.30. The Kier molecular flexibility index (Phi) is 4.17. The summed E-state index contributed by atoms with van der Waals surface area (Å²) in [6.45, 7) is 5.40. The second-order valence-corrected chi connectivity index (χ2v) is 5.95. The molecule has 4 N–H and O–H groups in total. The predicted molar refractivity (Wildman–Crippen MR) is 86.8 cm³/mol. The number of para-hydroxylation sites is 1. The summed E-state index contributed by atoms with van der Waals surface area (Å²) in [5.74, 6) is -1.16. The molecule has 1 aliphatic rings. The fraction of sp³-hybridized carbons (Fsp3) is 0.438. The molecule has 118 valence electrons. The third-order valence-electron chi connectivity index (χ3n) is 3.80. The number of benzene rings is 1. The van der Waals surface area contributed by atoms with Gasteiger partial charge < -0.3 is 10.6 Å². The van der Waals surface area contributed by atoms with Crippen LogP contribution >= 0.6 is 0 Å². The van der Waals surface area contributed by atoms with Crippen LogP contribution in [0.4, 0.5) is 5.69 Å². The molecule has 0 spiro atoms. The lowest BCUT2D eigenvalue weighted by Gasteiger charge is -2.27. The fourth-order valence-electron chi connectivity index (χ4n) is 2.59. The Balaban J connectivity index is 2.74. The number of carbonyl (C=O) groups is 2. The zero-order valence-electron chi connectivity index (χ0n) is 13.3. The van der Waals surface area contributed by atoms with Crippen LogP contribution < -0.4 is 16.4 Å². The minimum Gasteiger partial charge on any atom is -0.322 e. The van der Waals surface area contributed by atoms with Gasteiger partial charge in [0.15, 0.2) is 0 Å². The van der Waals surface area contributed by atoms with E-state index in [1.54, 1.807) is 7.05 Å². The van der Waals surface area contributed by atoms with Gasteiger partial charge >= 0.3 is 0 Å². The Bertz CT molecular complexity index is 651. The number of benzodiazepines with no additional fused rings is 1. The highest BCUT2D eigenvalue weighted by molar-refractivity contribution is 6.23. The highest BCUT2D eigenvalue weighted by Gasteiger charge is 2.47. The summed E-state index contributed by atoms with van der Waals surface area (Å²) in [6.07, 6.45) is 0. The van der Waals surface area contributed by atoms with E-state index in [0.29, 0.717) is 11.4 Å².